The van der Waals surface area contributed by atoms with Gasteiger partial charge in [-0.2, -0.15) is 5.26 Å². The highest BCUT2D eigenvalue weighted by Gasteiger charge is 2.24. The first-order chi connectivity index (χ1) is 7.17. The van der Waals surface area contributed by atoms with Crippen LogP contribution in [-0.4, -0.2) is 24.5 Å². The highest BCUT2D eigenvalue weighted by Crippen LogP contribution is 2.29. The van der Waals surface area contributed by atoms with E-state index in [9.17, 15) is 0 Å². The molecule has 86 valence electrons. The van der Waals surface area contributed by atoms with Crippen LogP contribution >= 0.6 is 0 Å². The predicted octanol–water partition coefficient (Wildman–Crippen LogP) is 3.05. The summed E-state index contributed by atoms with van der Waals surface area (Å²) in [5.41, 5.74) is 0. The van der Waals surface area contributed by atoms with E-state index in [4.69, 9.17) is 5.26 Å². The maximum absolute atomic E-state index is 8.80. The van der Waals surface area contributed by atoms with Crippen LogP contribution in [0.4, 0.5) is 0 Å². The topological polar surface area (TPSA) is 27.0 Å². The fraction of sp³-hybridized carbons (Fsp3) is 0.923. The fourth-order valence-electron chi connectivity index (χ4n) is 2.66. The van der Waals surface area contributed by atoms with E-state index in [0.717, 1.165) is 18.5 Å². The summed E-state index contributed by atoms with van der Waals surface area (Å²) in [6, 6.07) is 3.04. The fourth-order valence-corrected chi connectivity index (χ4v) is 2.66. The molecular weight excluding hydrogens is 184 g/mol. The Morgan fingerprint density at radius 2 is 2.20 bits per heavy atom. The lowest BCUT2D eigenvalue weighted by molar-refractivity contribution is 0.148. The molecule has 1 aliphatic rings. The minimum Gasteiger partial charge on any atom is -0.302 e. The van der Waals surface area contributed by atoms with Crippen molar-refractivity contribution in [2.24, 2.45) is 11.8 Å². The summed E-state index contributed by atoms with van der Waals surface area (Å²) in [7, 11) is 2.18. The first-order valence-electron chi connectivity index (χ1n) is 6.27. The largest absolute Gasteiger partial charge is 0.302 e. The van der Waals surface area contributed by atoms with E-state index in [-0.39, 0.29) is 5.92 Å². The SMILES string of the molecule is CCC1CCCC(N(C)CC(C)C#N)C1. The van der Waals surface area contributed by atoms with E-state index in [1.807, 2.05) is 6.92 Å². The Morgan fingerprint density at radius 3 is 2.80 bits per heavy atom. The van der Waals surface area contributed by atoms with Crippen molar-refractivity contribution in [2.45, 2.75) is 52.0 Å². The summed E-state index contributed by atoms with van der Waals surface area (Å²) in [6.45, 7) is 5.24. The van der Waals surface area contributed by atoms with Crippen molar-refractivity contribution in [3.63, 3.8) is 0 Å². The van der Waals surface area contributed by atoms with Gasteiger partial charge in [0.15, 0.2) is 0 Å². The highest BCUT2D eigenvalue weighted by molar-refractivity contribution is 4.84. The van der Waals surface area contributed by atoms with Gasteiger partial charge in [0.05, 0.1) is 12.0 Å². The second-order valence-electron chi connectivity index (χ2n) is 5.06. The summed E-state index contributed by atoms with van der Waals surface area (Å²) in [6.07, 6.45) is 6.76. The molecular formula is C13H24N2. The van der Waals surface area contributed by atoms with Gasteiger partial charge in [-0.05, 0) is 32.7 Å². The van der Waals surface area contributed by atoms with E-state index in [0.29, 0.717) is 0 Å². The van der Waals surface area contributed by atoms with Gasteiger partial charge in [-0.15, -0.1) is 0 Å². The van der Waals surface area contributed by atoms with Gasteiger partial charge in [-0.1, -0.05) is 26.2 Å². The zero-order valence-electron chi connectivity index (χ0n) is 10.4. The van der Waals surface area contributed by atoms with Crippen molar-refractivity contribution in [3.8, 4) is 6.07 Å². The highest BCUT2D eigenvalue weighted by atomic mass is 15.1. The van der Waals surface area contributed by atoms with Crippen LogP contribution in [-0.2, 0) is 0 Å². The lowest BCUT2D eigenvalue weighted by atomic mass is 9.83. The van der Waals surface area contributed by atoms with Gasteiger partial charge in [0.1, 0.15) is 0 Å². The van der Waals surface area contributed by atoms with Crippen LogP contribution in [0.25, 0.3) is 0 Å². The molecule has 2 nitrogen and oxygen atoms in total. The first kappa shape index (κ1) is 12.5. The molecule has 3 atom stereocenters. The van der Waals surface area contributed by atoms with Crippen molar-refractivity contribution in [1.82, 2.24) is 4.90 Å². The molecule has 0 aliphatic heterocycles. The molecule has 2 heteroatoms. The number of rotatable bonds is 4. The summed E-state index contributed by atoms with van der Waals surface area (Å²) in [4.78, 5) is 2.40. The third-order valence-corrected chi connectivity index (χ3v) is 3.74. The molecule has 0 N–H and O–H groups in total. The molecule has 0 bridgehead atoms. The zero-order valence-corrected chi connectivity index (χ0v) is 10.4. The molecule has 1 aliphatic carbocycles. The molecule has 0 saturated heterocycles. The molecule has 0 spiro atoms. The van der Waals surface area contributed by atoms with E-state index in [1.165, 1.54) is 32.1 Å². The van der Waals surface area contributed by atoms with Crippen LogP contribution in [0.1, 0.15) is 46.0 Å². The standard InChI is InChI=1S/C13H24N2/c1-4-12-6-5-7-13(8-12)15(3)10-11(2)9-14/h11-13H,4-8,10H2,1-3H3. The molecule has 0 aromatic rings. The number of hydrogen-bond donors (Lipinski definition) is 0. The van der Waals surface area contributed by atoms with Gasteiger partial charge in [0.2, 0.25) is 0 Å². The van der Waals surface area contributed by atoms with E-state index in [1.54, 1.807) is 0 Å². The Hall–Kier alpha value is -0.550. The summed E-state index contributed by atoms with van der Waals surface area (Å²) in [5.74, 6) is 1.08. The Balaban J connectivity index is 2.38. The molecule has 0 aromatic heterocycles. The summed E-state index contributed by atoms with van der Waals surface area (Å²) in [5, 5.41) is 8.80. The van der Waals surface area contributed by atoms with Crippen LogP contribution in [0.15, 0.2) is 0 Å². The first-order valence-corrected chi connectivity index (χ1v) is 6.27. The quantitative estimate of drug-likeness (QED) is 0.710. The third kappa shape index (κ3) is 3.83. The second-order valence-corrected chi connectivity index (χ2v) is 5.06. The molecule has 0 radical (unpaired) electrons. The van der Waals surface area contributed by atoms with Crippen LogP contribution < -0.4 is 0 Å². The van der Waals surface area contributed by atoms with Crippen LogP contribution in [0.2, 0.25) is 0 Å². The lowest BCUT2D eigenvalue weighted by Crippen LogP contribution is -2.38. The Labute approximate surface area is 94.3 Å². The maximum atomic E-state index is 8.80. The van der Waals surface area contributed by atoms with Crippen LogP contribution in [0.5, 0.6) is 0 Å². The monoisotopic (exact) mass is 208 g/mol. The van der Waals surface area contributed by atoms with E-state index >= 15 is 0 Å². The van der Waals surface area contributed by atoms with Crippen LogP contribution in [0.3, 0.4) is 0 Å². The second kappa shape index (κ2) is 6.12. The van der Waals surface area contributed by atoms with Gasteiger partial charge < -0.3 is 4.90 Å². The Morgan fingerprint density at radius 1 is 1.47 bits per heavy atom. The predicted molar refractivity (Wildman–Crippen MR) is 63.4 cm³/mol. The van der Waals surface area contributed by atoms with Crippen molar-refractivity contribution < 1.29 is 0 Å². The van der Waals surface area contributed by atoms with Crippen LogP contribution in [0, 0.1) is 23.2 Å². The molecule has 0 aromatic carbocycles. The molecule has 1 fully saturated rings. The Bertz CT molecular complexity index is 219. The average Bonchev–Trinajstić information content (AvgIpc) is 2.28. The van der Waals surface area contributed by atoms with Gasteiger partial charge in [-0.3, -0.25) is 0 Å². The third-order valence-electron chi connectivity index (χ3n) is 3.74. The molecule has 0 heterocycles. The summed E-state index contributed by atoms with van der Waals surface area (Å²) >= 11 is 0. The maximum Gasteiger partial charge on any atom is 0.0666 e. The number of hydrogen-bond acceptors (Lipinski definition) is 2. The van der Waals surface area contributed by atoms with Gasteiger partial charge in [-0.25, -0.2) is 0 Å². The minimum atomic E-state index is 0.164. The summed E-state index contributed by atoms with van der Waals surface area (Å²) < 4.78 is 0. The normalized spacial score (nSPS) is 28.7. The number of nitriles is 1. The molecule has 1 saturated carbocycles. The van der Waals surface area contributed by atoms with Gasteiger partial charge >= 0.3 is 0 Å². The van der Waals surface area contributed by atoms with E-state index < -0.39 is 0 Å². The lowest BCUT2D eigenvalue weighted by Gasteiger charge is -2.35. The smallest absolute Gasteiger partial charge is 0.0666 e. The molecule has 0 amide bonds. The van der Waals surface area contributed by atoms with Crippen molar-refractivity contribution in [3.05, 3.63) is 0 Å². The molecule has 3 unspecified atom stereocenters. The average molecular weight is 208 g/mol. The van der Waals surface area contributed by atoms with Gasteiger partial charge in [0, 0.05) is 12.6 Å². The van der Waals surface area contributed by atoms with E-state index in [2.05, 4.69) is 24.9 Å². The Kier molecular flexibility index (Phi) is 5.11. The zero-order chi connectivity index (χ0) is 11.3. The van der Waals surface area contributed by atoms with Crippen molar-refractivity contribution in [2.75, 3.05) is 13.6 Å². The molecule has 1 rings (SSSR count). The number of nitrogens with zero attached hydrogens (tertiary/aromatic N) is 2. The molecule has 15 heavy (non-hydrogen) atoms. The minimum absolute atomic E-state index is 0.164. The van der Waals surface area contributed by atoms with Crippen molar-refractivity contribution >= 4 is 0 Å². The van der Waals surface area contributed by atoms with Gasteiger partial charge in [0.25, 0.3) is 0 Å². The van der Waals surface area contributed by atoms with Crippen molar-refractivity contribution in [1.29, 1.82) is 5.26 Å².